The van der Waals surface area contributed by atoms with Gasteiger partial charge in [-0.2, -0.15) is 0 Å². The molecule has 1 aromatic heterocycles. The van der Waals surface area contributed by atoms with Crippen molar-refractivity contribution in [2.24, 2.45) is 11.7 Å². The summed E-state index contributed by atoms with van der Waals surface area (Å²) in [6.07, 6.45) is 8.29. The van der Waals surface area contributed by atoms with Gasteiger partial charge in [0.05, 0.1) is 10.2 Å². The molecule has 2 aliphatic rings. The van der Waals surface area contributed by atoms with E-state index < -0.39 is 6.03 Å². The number of carbonyl (C=O) groups excluding carboxylic acids is 2. The van der Waals surface area contributed by atoms with Crippen molar-refractivity contribution in [3.63, 3.8) is 0 Å². The molecule has 0 aliphatic heterocycles. The third-order valence-electron chi connectivity index (χ3n) is 5.91. The highest BCUT2D eigenvalue weighted by atomic mass is 32.1. The number of aromatic nitrogens is 1. The quantitative estimate of drug-likeness (QED) is 0.737. The van der Waals surface area contributed by atoms with Gasteiger partial charge in [0.25, 0.3) is 0 Å². The minimum atomic E-state index is -0.434. The Hall–Kier alpha value is -2.15. The number of fused-ring (bicyclic) bond motifs is 1. The Morgan fingerprint density at radius 1 is 1.07 bits per heavy atom. The first-order chi connectivity index (χ1) is 13.1. The lowest BCUT2D eigenvalue weighted by Crippen LogP contribution is -2.40. The van der Waals surface area contributed by atoms with Gasteiger partial charge in [-0.05, 0) is 62.1 Å². The highest BCUT2D eigenvalue weighted by Gasteiger charge is 2.25. The van der Waals surface area contributed by atoms with Crippen molar-refractivity contribution < 1.29 is 9.59 Å². The van der Waals surface area contributed by atoms with Crippen LogP contribution in [0.4, 0.5) is 9.93 Å². The SMILES string of the molecule is NC(=O)NC1CCC(c2ccc3nc(NC(=O)C4CCCC4)sc3c2)CC1. The van der Waals surface area contributed by atoms with Crippen LogP contribution in [-0.2, 0) is 4.79 Å². The number of amides is 3. The Labute approximate surface area is 162 Å². The Morgan fingerprint density at radius 2 is 1.81 bits per heavy atom. The lowest BCUT2D eigenvalue weighted by molar-refractivity contribution is -0.119. The molecule has 2 aliphatic carbocycles. The van der Waals surface area contributed by atoms with Crippen LogP contribution in [0.2, 0.25) is 0 Å². The Morgan fingerprint density at radius 3 is 2.52 bits per heavy atom. The molecular formula is C20H26N4O2S. The molecule has 6 nitrogen and oxygen atoms in total. The molecule has 0 unspecified atom stereocenters. The molecule has 144 valence electrons. The van der Waals surface area contributed by atoms with Gasteiger partial charge >= 0.3 is 6.03 Å². The maximum absolute atomic E-state index is 12.3. The summed E-state index contributed by atoms with van der Waals surface area (Å²) in [5, 5.41) is 6.53. The standard InChI is InChI=1S/C20H26N4O2S/c21-19(26)22-15-8-5-12(6-9-15)14-7-10-16-17(11-14)27-20(23-16)24-18(25)13-3-1-2-4-13/h7,10-13,15H,1-6,8-9H2,(H3,21,22,26)(H,23,24,25). The molecule has 4 rings (SSSR count). The molecule has 7 heteroatoms. The molecule has 0 radical (unpaired) electrons. The number of thiazole rings is 1. The molecule has 1 heterocycles. The van der Waals surface area contributed by atoms with Gasteiger partial charge in [0.15, 0.2) is 5.13 Å². The molecule has 0 atom stereocenters. The van der Waals surface area contributed by atoms with Crippen LogP contribution < -0.4 is 16.4 Å². The molecule has 3 amide bonds. The summed E-state index contributed by atoms with van der Waals surface area (Å²) in [6, 6.07) is 6.18. The predicted molar refractivity (Wildman–Crippen MR) is 108 cm³/mol. The average Bonchev–Trinajstić information content (AvgIpc) is 3.30. The van der Waals surface area contributed by atoms with Crippen LogP contribution >= 0.6 is 11.3 Å². The average molecular weight is 387 g/mol. The van der Waals surface area contributed by atoms with E-state index in [1.807, 2.05) is 0 Å². The Balaban J connectivity index is 1.42. The number of hydrogen-bond acceptors (Lipinski definition) is 4. The number of anilines is 1. The van der Waals surface area contributed by atoms with Crippen LogP contribution in [0.1, 0.15) is 62.8 Å². The van der Waals surface area contributed by atoms with Gasteiger partial charge in [-0.1, -0.05) is 30.2 Å². The van der Waals surface area contributed by atoms with Crippen molar-refractivity contribution >= 4 is 38.6 Å². The normalized spacial score (nSPS) is 23.4. The second-order valence-electron chi connectivity index (χ2n) is 7.77. The van der Waals surface area contributed by atoms with Gasteiger partial charge in [-0.15, -0.1) is 0 Å². The molecule has 2 saturated carbocycles. The number of rotatable bonds is 4. The largest absolute Gasteiger partial charge is 0.352 e. The number of hydrogen-bond donors (Lipinski definition) is 3. The van der Waals surface area contributed by atoms with Gasteiger partial charge in [-0.25, -0.2) is 9.78 Å². The first-order valence-corrected chi connectivity index (χ1v) is 10.7. The van der Waals surface area contributed by atoms with Gasteiger partial charge in [0, 0.05) is 12.0 Å². The van der Waals surface area contributed by atoms with Crippen LogP contribution in [0.15, 0.2) is 18.2 Å². The Kier molecular flexibility index (Phi) is 5.29. The van der Waals surface area contributed by atoms with Crippen LogP contribution in [0.5, 0.6) is 0 Å². The second-order valence-corrected chi connectivity index (χ2v) is 8.80. The second kappa shape index (κ2) is 7.84. The number of carbonyl (C=O) groups is 2. The summed E-state index contributed by atoms with van der Waals surface area (Å²) < 4.78 is 1.12. The third-order valence-corrected chi connectivity index (χ3v) is 6.85. The van der Waals surface area contributed by atoms with Crippen LogP contribution in [0.25, 0.3) is 10.2 Å². The lowest BCUT2D eigenvalue weighted by Gasteiger charge is -2.28. The number of nitrogens with zero attached hydrogens (tertiary/aromatic N) is 1. The van der Waals surface area contributed by atoms with E-state index in [1.54, 1.807) is 11.3 Å². The van der Waals surface area contributed by atoms with E-state index in [2.05, 4.69) is 33.8 Å². The van der Waals surface area contributed by atoms with Crippen molar-refractivity contribution in [3.05, 3.63) is 23.8 Å². The monoisotopic (exact) mass is 386 g/mol. The molecular weight excluding hydrogens is 360 g/mol. The molecule has 0 bridgehead atoms. The fourth-order valence-corrected chi connectivity index (χ4v) is 5.33. The number of benzene rings is 1. The minimum Gasteiger partial charge on any atom is -0.352 e. The first kappa shape index (κ1) is 18.2. The van der Waals surface area contributed by atoms with Gasteiger partial charge in [-0.3, -0.25) is 4.79 Å². The minimum absolute atomic E-state index is 0.118. The van der Waals surface area contributed by atoms with Crippen molar-refractivity contribution in [1.82, 2.24) is 10.3 Å². The van der Waals surface area contributed by atoms with E-state index in [-0.39, 0.29) is 17.9 Å². The van der Waals surface area contributed by atoms with Crippen LogP contribution in [0.3, 0.4) is 0 Å². The maximum atomic E-state index is 12.3. The van der Waals surface area contributed by atoms with Crippen molar-refractivity contribution in [3.8, 4) is 0 Å². The molecule has 0 saturated heterocycles. The predicted octanol–water partition coefficient (Wildman–Crippen LogP) is 4.12. The zero-order valence-corrected chi connectivity index (χ0v) is 16.2. The topological polar surface area (TPSA) is 97.1 Å². The Bertz CT molecular complexity index is 836. The van der Waals surface area contributed by atoms with E-state index in [4.69, 9.17) is 5.73 Å². The van der Waals surface area contributed by atoms with E-state index >= 15 is 0 Å². The van der Waals surface area contributed by atoms with Gasteiger partial charge in [0.1, 0.15) is 0 Å². The molecule has 27 heavy (non-hydrogen) atoms. The highest BCUT2D eigenvalue weighted by Crippen LogP contribution is 2.36. The number of urea groups is 1. The molecule has 4 N–H and O–H groups in total. The van der Waals surface area contributed by atoms with Crippen LogP contribution in [0, 0.1) is 5.92 Å². The van der Waals surface area contributed by atoms with Crippen molar-refractivity contribution in [2.75, 3.05) is 5.32 Å². The third kappa shape index (κ3) is 4.24. The molecule has 2 aromatic rings. The highest BCUT2D eigenvalue weighted by molar-refractivity contribution is 7.22. The number of nitrogens with two attached hydrogens (primary N) is 1. The fourth-order valence-electron chi connectivity index (χ4n) is 4.42. The summed E-state index contributed by atoms with van der Waals surface area (Å²) in [6.45, 7) is 0. The van der Waals surface area contributed by atoms with Crippen LogP contribution in [-0.4, -0.2) is 23.0 Å². The van der Waals surface area contributed by atoms with E-state index in [0.29, 0.717) is 11.0 Å². The summed E-state index contributed by atoms with van der Waals surface area (Å²) in [4.78, 5) is 27.9. The molecule has 1 aromatic carbocycles. The number of primary amides is 1. The van der Waals surface area contributed by atoms with E-state index in [1.165, 1.54) is 5.56 Å². The lowest BCUT2D eigenvalue weighted by atomic mass is 9.82. The zero-order chi connectivity index (χ0) is 18.8. The fraction of sp³-hybridized carbons (Fsp3) is 0.550. The number of nitrogens with one attached hydrogen (secondary N) is 2. The zero-order valence-electron chi connectivity index (χ0n) is 15.4. The summed E-state index contributed by atoms with van der Waals surface area (Å²) in [5.74, 6) is 0.766. The molecule has 0 spiro atoms. The van der Waals surface area contributed by atoms with Crippen molar-refractivity contribution in [2.45, 2.75) is 63.3 Å². The summed E-state index contributed by atoms with van der Waals surface area (Å²) >= 11 is 1.55. The van der Waals surface area contributed by atoms with E-state index in [9.17, 15) is 9.59 Å². The summed E-state index contributed by atoms with van der Waals surface area (Å²) in [7, 11) is 0. The van der Waals surface area contributed by atoms with Gasteiger partial charge < -0.3 is 16.4 Å². The molecule has 2 fully saturated rings. The van der Waals surface area contributed by atoms with Crippen molar-refractivity contribution in [1.29, 1.82) is 0 Å². The maximum Gasteiger partial charge on any atom is 0.312 e. The van der Waals surface area contributed by atoms with Gasteiger partial charge in [0.2, 0.25) is 5.91 Å². The van der Waals surface area contributed by atoms with E-state index in [0.717, 1.165) is 61.6 Å². The summed E-state index contributed by atoms with van der Waals surface area (Å²) in [5.41, 5.74) is 7.48. The smallest absolute Gasteiger partial charge is 0.312 e. The first-order valence-electron chi connectivity index (χ1n) is 9.86.